The van der Waals surface area contributed by atoms with Gasteiger partial charge in [-0.25, -0.2) is 0 Å². The zero-order chi connectivity index (χ0) is 17.6. The lowest BCUT2D eigenvalue weighted by molar-refractivity contribution is 0.102. The molecule has 3 aromatic rings. The van der Waals surface area contributed by atoms with Crippen LogP contribution in [0.2, 0.25) is 0 Å². The van der Waals surface area contributed by atoms with Gasteiger partial charge in [-0.2, -0.15) is 0 Å². The number of rotatable bonds is 6. The lowest BCUT2D eigenvalue weighted by Gasteiger charge is -2.05. The average Bonchev–Trinajstić information content (AvgIpc) is 3.03. The second-order valence-corrected chi connectivity index (χ2v) is 6.80. The van der Waals surface area contributed by atoms with Crippen LogP contribution in [0, 0.1) is 13.8 Å². The molecule has 0 atom stereocenters. The fraction of sp³-hybridized carbons (Fsp3) is 0.211. The summed E-state index contributed by atoms with van der Waals surface area (Å²) in [7, 11) is 0. The van der Waals surface area contributed by atoms with E-state index in [0.29, 0.717) is 23.7 Å². The normalized spacial score (nSPS) is 10.5. The number of aryl methyl sites for hydroxylation is 2. The van der Waals surface area contributed by atoms with E-state index in [-0.39, 0.29) is 5.91 Å². The van der Waals surface area contributed by atoms with Gasteiger partial charge in [-0.3, -0.25) is 10.1 Å². The number of hydrogen-bond acceptors (Lipinski definition) is 5. The topological polar surface area (TPSA) is 64.1 Å². The monoisotopic (exact) mass is 353 g/mol. The number of anilines is 1. The Labute approximate surface area is 150 Å². The molecule has 1 heterocycles. The average molecular weight is 353 g/mol. The molecule has 0 radical (unpaired) electrons. The molecule has 6 heteroatoms. The van der Waals surface area contributed by atoms with Crippen molar-refractivity contribution < 1.29 is 9.53 Å². The summed E-state index contributed by atoms with van der Waals surface area (Å²) in [6.07, 6.45) is 0.645. The van der Waals surface area contributed by atoms with Crippen LogP contribution in [0.4, 0.5) is 5.13 Å². The number of aromatic nitrogens is 2. The first-order valence-corrected chi connectivity index (χ1v) is 8.82. The number of nitrogens with one attached hydrogen (secondary N) is 1. The van der Waals surface area contributed by atoms with E-state index < -0.39 is 0 Å². The predicted molar refractivity (Wildman–Crippen MR) is 99.4 cm³/mol. The van der Waals surface area contributed by atoms with Crippen LogP contribution in [0.1, 0.15) is 26.5 Å². The zero-order valence-electron chi connectivity index (χ0n) is 14.2. The molecular weight excluding hydrogens is 334 g/mol. The first kappa shape index (κ1) is 17.1. The zero-order valence-corrected chi connectivity index (χ0v) is 15.0. The molecule has 1 aromatic heterocycles. The molecule has 0 aliphatic carbocycles. The molecule has 0 aliphatic rings. The van der Waals surface area contributed by atoms with Crippen LogP contribution in [0.25, 0.3) is 0 Å². The Morgan fingerprint density at radius 1 is 1.08 bits per heavy atom. The van der Waals surface area contributed by atoms with Crippen LogP contribution in [0.3, 0.4) is 0 Å². The van der Waals surface area contributed by atoms with E-state index >= 15 is 0 Å². The fourth-order valence-electron chi connectivity index (χ4n) is 2.24. The molecule has 3 rings (SSSR count). The number of nitrogens with zero attached hydrogens (tertiary/aromatic N) is 2. The van der Waals surface area contributed by atoms with Gasteiger partial charge < -0.3 is 4.74 Å². The van der Waals surface area contributed by atoms with E-state index in [1.807, 2.05) is 50.2 Å². The summed E-state index contributed by atoms with van der Waals surface area (Å²) >= 11 is 1.36. The smallest absolute Gasteiger partial charge is 0.257 e. The third-order valence-electron chi connectivity index (χ3n) is 3.58. The van der Waals surface area contributed by atoms with E-state index in [1.165, 1.54) is 11.3 Å². The molecule has 0 saturated carbocycles. The second kappa shape index (κ2) is 7.90. The molecule has 0 saturated heterocycles. The molecule has 2 aromatic carbocycles. The quantitative estimate of drug-likeness (QED) is 0.727. The minimum atomic E-state index is -0.182. The molecule has 0 aliphatic heterocycles. The summed E-state index contributed by atoms with van der Waals surface area (Å²) in [5.41, 5.74) is 2.88. The number of carbonyl (C=O) groups excluding carboxylic acids is 1. The van der Waals surface area contributed by atoms with Gasteiger partial charge in [-0.1, -0.05) is 41.2 Å². The van der Waals surface area contributed by atoms with E-state index in [1.54, 1.807) is 12.1 Å². The van der Waals surface area contributed by atoms with Crippen molar-refractivity contribution in [2.45, 2.75) is 20.3 Å². The minimum Gasteiger partial charge on any atom is -0.493 e. The maximum atomic E-state index is 12.2. The van der Waals surface area contributed by atoms with Gasteiger partial charge >= 0.3 is 0 Å². The van der Waals surface area contributed by atoms with Gasteiger partial charge in [0.25, 0.3) is 5.91 Å². The van der Waals surface area contributed by atoms with Crippen LogP contribution in [-0.2, 0) is 6.42 Å². The lowest BCUT2D eigenvalue weighted by atomic mass is 10.1. The summed E-state index contributed by atoms with van der Waals surface area (Å²) < 4.78 is 5.71. The van der Waals surface area contributed by atoms with Crippen LogP contribution in [-0.4, -0.2) is 22.7 Å². The third-order valence-corrected chi connectivity index (χ3v) is 4.47. The highest BCUT2D eigenvalue weighted by atomic mass is 32.1. The molecule has 25 heavy (non-hydrogen) atoms. The molecule has 1 amide bonds. The Bertz CT molecular complexity index is 859. The Kier molecular flexibility index (Phi) is 5.40. The van der Waals surface area contributed by atoms with E-state index in [4.69, 9.17) is 4.74 Å². The molecule has 0 unspecified atom stereocenters. The highest BCUT2D eigenvalue weighted by Gasteiger charge is 2.10. The van der Waals surface area contributed by atoms with Gasteiger partial charge in [0.2, 0.25) is 5.13 Å². The second-order valence-electron chi connectivity index (χ2n) is 5.74. The maximum absolute atomic E-state index is 12.2. The largest absolute Gasteiger partial charge is 0.493 e. The fourth-order valence-corrected chi connectivity index (χ4v) is 2.96. The number of ether oxygens (including phenoxy) is 1. The summed E-state index contributed by atoms with van der Waals surface area (Å²) in [4.78, 5) is 12.2. The molecular formula is C19H19N3O2S. The van der Waals surface area contributed by atoms with Crippen molar-refractivity contribution >= 4 is 22.4 Å². The van der Waals surface area contributed by atoms with Gasteiger partial charge in [0.15, 0.2) is 0 Å². The van der Waals surface area contributed by atoms with Gasteiger partial charge in [0.05, 0.1) is 6.61 Å². The number of carbonyl (C=O) groups is 1. The first-order valence-electron chi connectivity index (χ1n) is 8.00. The highest BCUT2D eigenvalue weighted by molar-refractivity contribution is 7.15. The Morgan fingerprint density at radius 3 is 2.64 bits per heavy atom. The third kappa shape index (κ3) is 4.87. The van der Waals surface area contributed by atoms with Crippen LogP contribution < -0.4 is 10.1 Å². The number of benzene rings is 2. The van der Waals surface area contributed by atoms with Gasteiger partial charge in [-0.15, -0.1) is 10.2 Å². The molecule has 5 nitrogen and oxygen atoms in total. The van der Waals surface area contributed by atoms with Crippen molar-refractivity contribution in [3.8, 4) is 5.75 Å². The highest BCUT2D eigenvalue weighted by Crippen LogP contribution is 2.18. The lowest BCUT2D eigenvalue weighted by Crippen LogP contribution is -2.11. The molecule has 128 valence electrons. The van der Waals surface area contributed by atoms with Crippen molar-refractivity contribution in [3.05, 3.63) is 70.2 Å². The van der Waals surface area contributed by atoms with Crippen molar-refractivity contribution in [3.63, 3.8) is 0 Å². The standard InChI is InChI=1S/C19H19N3O2S/c1-13-6-8-15(9-7-13)18(23)20-19-22-21-17(25-19)10-11-24-16-5-3-4-14(2)12-16/h3-9,12H,10-11H2,1-2H3,(H,20,22,23). The van der Waals surface area contributed by atoms with Crippen molar-refractivity contribution in [1.29, 1.82) is 0 Å². The van der Waals surface area contributed by atoms with Gasteiger partial charge in [0.1, 0.15) is 10.8 Å². The SMILES string of the molecule is Cc1ccc(C(=O)Nc2nnc(CCOc3cccc(C)c3)s2)cc1. The summed E-state index contributed by atoms with van der Waals surface area (Å²) in [6.45, 7) is 4.53. The van der Waals surface area contributed by atoms with E-state index in [2.05, 4.69) is 15.5 Å². The van der Waals surface area contributed by atoms with Crippen LogP contribution in [0.5, 0.6) is 5.75 Å². The van der Waals surface area contributed by atoms with Crippen LogP contribution >= 0.6 is 11.3 Å². The Hall–Kier alpha value is -2.73. The van der Waals surface area contributed by atoms with Crippen molar-refractivity contribution in [2.75, 3.05) is 11.9 Å². The van der Waals surface area contributed by atoms with Crippen molar-refractivity contribution in [2.24, 2.45) is 0 Å². The molecule has 0 spiro atoms. The van der Waals surface area contributed by atoms with Crippen molar-refractivity contribution in [1.82, 2.24) is 10.2 Å². The Balaban J connectivity index is 1.52. The minimum absolute atomic E-state index is 0.182. The van der Waals surface area contributed by atoms with E-state index in [0.717, 1.165) is 21.9 Å². The summed E-state index contributed by atoms with van der Waals surface area (Å²) in [5, 5.41) is 12.2. The Morgan fingerprint density at radius 2 is 1.88 bits per heavy atom. The van der Waals surface area contributed by atoms with Crippen LogP contribution in [0.15, 0.2) is 48.5 Å². The molecule has 1 N–H and O–H groups in total. The van der Waals surface area contributed by atoms with Gasteiger partial charge in [-0.05, 0) is 43.7 Å². The molecule has 0 fully saturated rings. The summed E-state index contributed by atoms with van der Waals surface area (Å²) in [5.74, 6) is 0.663. The summed E-state index contributed by atoms with van der Waals surface area (Å²) in [6, 6.07) is 15.3. The predicted octanol–water partition coefficient (Wildman–Crippen LogP) is 4.03. The number of hydrogen-bond donors (Lipinski definition) is 1. The molecule has 0 bridgehead atoms. The maximum Gasteiger partial charge on any atom is 0.257 e. The van der Waals surface area contributed by atoms with Gasteiger partial charge in [0, 0.05) is 12.0 Å². The first-order chi connectivity index (χ1) is 12.1. The number of amides is 1. The van der Waals surface area contributed by atoms with E-state index in [9.17, 15) is 4.79 Å².